The third-order valence-electron chi connectivity index (χ3n) is 6.17. The van der Waals surface area contributed by atoms with Crippen molar-refractivity contribution in [1.29, 1.82) is 0 Å². The minimum atomic E-state index is -1.80. The molecule has 2 saturated heterocycles. The third kappa shape index (κ3) is 4.17. The predicted molar refractivity (Wildman–Crippen MR) is 106 cm³/mol. The smallest absolute Gasteiger partial charge is 0.464 e. The quantitative estimate of drug-likeness (QED) is 0.509. The average Bonchev–Trinajstić information content (AvgIpc) is 3.35. The van der Waals surface area contributed by atoms with Gasteiger partial charge in [0.25, 0.3) is 0 Å². The van der Waals surface area contributed by atoms with Gasteiger partial charge in [0.1, 0.15) is 5.58 Å². The first-order chi connectivity index (χ1) is 14.0. The highest BCUT2D eigenvalue weighted by Gasteiger charge is 2.40. The van der Waals surface area contributed by atoms with Gasteiger partial charge in [-0.15, -0.1) is 0 Å². The summed E-state index contributed by atoms with van der Waals surface area (Å²) in [5, 5.41) is 22.8. The first-order valence-corrected chi connectivity index (χ1v) is 9.96. The van der Waals surface area contributed by atoms with Crippen molar-refractivity contribution in [1.82, 2.24) is 10.2 Å². The van der Waals surface area contributed by atoms with Crippen LogP contribution in [0.4, 0.5) is 0 Å². The van der Waals surface area contributed by atoms with Crippen molar-refractivity contribution in [3.05, 3.63) is 36.1 Å². The second kappa shape index (κ2) is 8.18. The molecular weight excluding hydrogens is 375 g/mol. The van der Waals surface area contributed by atoms with Gasteiger partial charge in [0.2, 0.25) is 0 Å². The van der Waals surface area contributed by atoms with Gasteiger partial charge in [0.05, 0.1) is 18.8 Å². The minimum absolute atomic E-state index is 0.133. The molecule has 1 aromatic heterocycles. The number of para-hydroxylation sites is 1. The summed E-state index contributed by atoms with van der Waals surface area (Å²) in [7, 11) is -1.80. The van der Waals surface area contributed by atoms with Crippen molar-refractivity contribution in [2.45, 2.75) is 31.6 Å². The number of carbonyl (C=O) groups excluding carboxylic acids is 2. The van der Waals surface area contributed by atoms with Crippen LogP contribution < -0.4 is 5.32 Å². The molecule has 9 heteroatoms. The Morgan fingerprint density at radius 1 is 1.21 bits per heavy atom. The van der Waals surface area contributed by atoms with Crippen molar-refractivity contribution in [2.24, 2.45) is 5.41 Å². The Hall–Kier alpha value is -2.36. The maximum absolute atomic E-state index is 12.6. The molecule has 29 heavy (non-hydrogen) atoms. The van der Waals surface area contributed by atoms with Crippen molar-refractivity contribution in [3.8, 4) is 0 Å². The molecule has 2 amide bonds. The molecule has 1 aromatic carbocycles. The molecule has 154 valence electrons. The molecule has 1 unspecified atom stereocenters. The van der Waals surface area contributed by atoms with Gasteiger partial charge < -0.3 is 29.4 Å². The van der Waals surface area contributed by atoms with Crippen LogP contribution in [0, 0.1) is 5.41 Å². The van der Waals surface area contributed by atoms with Crippen molar-refractivity contribution < 1.29 is 28.8 Å². The normalized spacial score (nSPS) is 19.4. The predicted octanol–water partition coefficient (Wildman–Crippen LogP) is 0.501. The van der Waals surface area contributed by atoms with Gasteiger partial charge in [-0.1, -0.05) is 18.2 Å². The third-order valence-corrected chi connectivity index (χ3v) is 6.17. The van der Waals surface area contributed by atoms with Crippen LogP contribution in [0.25, 0.3) is 11.0 Å². The summed E-state index contributed by atoms with van der Waals surface area (Å²) in [4.78, 5) is 26.6. The Labute approximate surface area is 169 Å². The van der Waals surface area contributed by atoms with Crippen LogP contribution in [-0.2, 0) is 20.7 Å². The molecule has 0 bridgehead atoms. The monoisotopic (exact) mass is 400 g/mol. The summed E-state index contributed by atoms with van der Waals surface area (Å²) in [5.74, 6) is -2.48. The number of likely N-dealkylation sites (tertiary alicyclic amines) is 1. The van der Waals surface area contributed by atoms with E-state index in [0.29, 0.717) is 18.7 Å². The zero-order valence-electron chi connectivity index (χ0n) is 16.2. The minimum Gasteiger partial charge on any atom is -0.464 e. The molecule has 8 nitrogen and oxygen atoms in total. The molecule has 2 aliphatic heterocycles. The van der Waals surface area contributed by atoms with Crippen molar-refractivity contribution >= 4 is 29.9 Å². The Morgan fingerprint density at radius 3 is 2.66 bits per heavy atom. The first-order valence-electron chi connectivity index (χ1n) is 9.96. The number of benzene rings is 1. The molecule has 0 saturated carbocycles. The maximum atomic E-state index is 12.6. The largest absolute Gasteiger partial charge is 0.475 e. The fourth-order valence-electron chi connectivity index (χ4n) is 4.26. The molecule has 3 N–H and O–H groups in total. The summed E-state index contributed by atoms with van der Waals surface area (Å²) in [6.45, 7) is 2.49. The number of nitrogens with one attached hydrogen (secondary N) is 1. The van der Waals surface area contributed by atoms with E-state index >= 15 is 0 Å². The van der Waals surface area contributed by atoms with Gasteiger partial charge in [0.15, 0.2) is 0 Å². The van der Waals surface area contributed by atoms with Crippen LogP contribution in [0.2, 0.25) is 0 Å². The Bertz CT molecular complexity index is 882. The van der Waals surface area contributed by atoms with Gasteiger partial charge in [-0.3, -0.25) is 9.59 Å². The number of nitrogens with zero attached hydrogens (tertiary/aromatic N) is 1. The molecule has 4 rings (SSSR count). The van der Waals surface area contributed by atoms with E-state index in [4.69, 9.17) is 9.15 Å². The van der Waals surface area contributed by atoms with Crippen molar-refractivity contribution in [2.75, 3.05) is 26.3 Å². The second-order valence-corrected chi connectivity index (χ2v) is 8.05. The number of amides is 2. The van der Waals surface area contributed by atoms with E-state index in [1.807, 2.05) is 24.3 Å². The lowest BCUT2D eigenvalue weighted by atomic mass is 9.75. The first kappa shape index (κ1) is 19.9. The van der Waals surface area contributed by atoms with Gasteiger partial charge in [-0.05, 0) is 42.7 Å². The number of carbonyl (C=O) groups is 2. The fourth-order valence-corrected chi connectivity index (χ4v) is 4.26. The van der Waals surface area contributed by atoms with Crippen LogP contribution in [0.1, 0.15) is 24.8 Å². The standard InChI is InChI=1S/C20H25BN2O6/c24-18(19(25)23-8-5-20(6-9-23)7-10-28-13-20)22-17(21(26)27)11-14-12-29-16-4-2-1-3-15(14)16/h1-4,12,17,26-27H,5-11,13H2,(H,22,24). The number of fused-ring (bicyclic) bond motifs is 1. The lowest BCUT2D eigenvalue weighted by Gasteiger charge is -2.38. The molecule has 2 aliphatic rings. The number of ether oxygens (including phenoxy) is 1. The van der Waals surface area contributed by atoms with E-state index in [1.54, 1.807) is 0 Å². The number of rotatable bonds is 4. The Kier molecular flexibility index (Phi) is 5.62. The lowest BCUT2D eigenvalue weighted by molar-refractivity contribution is -0.147. The molecule has 1 atom stereocenters. The molecule has 2 aromatic rings. The number of hydrogen-bond acceptors (Lipinski definition) is 6. The summed E-state index contributed by atoms with van der Waals surface area (Å²) in [6.07, 6.45) is 4.30. The summed E-state index contributed by atoms with van der Waals surface area (Å²) < 4.78 is 11.0. The SMILES string of the molecule is O=C(NC(Cc1coc2ccccc12)B(O)O)C(=O)N1CCC2(CCOC2)CC1. The number of furan rings is 1. The van der Waals surface area contributed by atoms with Crippen LogP contribution >= 0.6 is 0 Å². The zero-order valence-corrected chi connectivity index (χ0v) is 16.2. The molecule has 3 heterocycles. The van der Waals surface area contributed by atoms with Crippen LogP contribution in [0.5, 0.6) is 0 Å². The fraction of sp³-hybridized carbons (Fsp3) is 0.500. The van der Waals surface area contributed by atoms with Gasteiger partial charge in [-0.2, -0.15) is 0 Å². The van der Waals surface area contributed by atoms with Gasteiger partial charge >= 0.3 is 18.9 Å². The topological polar surface area (TPSA) is 112 Å². The highest BCUT2D eigenvalue weighted by Crippen LogP contribution is 2.39. The molecule has 0 aliphatic carbocycles. The summed E-state index contributed by atoms with van der Waals surface area (Å²) in [6, 6.07) is 7.36. The van der Waals surface area contributed by atoms with Gasteiger partial charge in [0, 0.05) is 25.1 Å². The molecule has 1 spiro atoms. The van der Waals surface area contributed by atoms with Crippen molar-refractivity contribution in [3.63, 3.8) is 0 Å². The Balaban J connectivity index is 1.38. The highest BCUT2D eigenvalue weighted by atomic mass is 16.5. The van der Waals surface area contributed by atoms with Crippen LogP contribution in [-0.4, -0.2) is 66.1 Å². The number of hydrogen-bond donors (Lipinski definition) is 3. The maximum Gasteiger partial charge on any atom is 0.475 e. The van der Waals surface area contributed by atoms with E-state index < -0.39 is 24.9 Å². The van der Waals surface area contributed by atoms with E-state index in [2.05, 4.69) is 5.32 Å². The molecule has 2 fully saturated rings. The molecule has 0 radical (unpaired) electrons. The van der Waals surface area contributed by atoms with E-state index in [1.165, 1.54) is 11.2 Å². The van der Waals surface area contributed by atoms with E-state index in [0.717, 1.165) is 43.4 Å². The zero-order chi connectivity index (χ0) is 20.4. The van der Waals surface area contributed by atoms with E-state index in [-0.39, 0.29) is 11.8 Å². The summed E-state index contributed by atoms with van der Waals surface area (Å²) >= 11 is 0. The van der Waals surface area contributed by atoms with Crippen LogP contribution in [0.3, 0.4) is 0 Å². The van der Waals surface area contributed by atoms with Crippen LogP contribution in [0.15, 0.2) is 34.9 Å². The van der Waals surface area contributed by atoms with E-state index in [9.17, 15) is 19.6 Å². The molecular formula is C20H25BN2O6. The number of piperidine rings is 1. The van der Waals surface area contributed by atoms with Gasteiger partial charge in [-0.25, -0.2) is 0 Å². The average molecular weight is 400 g/mol. The summed E-state index contributed by atoms with van der Waals surface area (Å²) in [5.41, 5.74) is 1.54. The second-order valence-electron chi connectivity index (χ2n) is 8.05. The Morgan fingerprint density at radius 2 is 1.97 bits per heavy atom. The highest BCUT2D eigenvalue weighted by molar-refractivity contribution is 6.45. The lowest BCUT2D eigenvalue weighted by Crippen LogP contribution is -2.54.